The van der Waals surface area contributed by atoms with Crippen LogP contribution in [0.2, 0.25) is 0 Å². The highest BCUT2D eigenvalue weighted by Gasteiger charge is 2.09. The number of carbonyl (C=O) groups is 1. The summed E-state index contributed by atoms with van der Waals surface area (Å²) in [5.41, 5.74) is 0. The molecule has 0 bridgehead atoms. The van der Waals surface area contributed by atoms with E-state index in [9.17, 15) is 4.79 Å². The van der Waals surface area contributed by atoms with Gasteiger partial charge in [0.05, 0.1) is 11.0 Å². The van der Waals surface area contributed by atoms with Gasteiger partial charge in [0.15, 0.2) is 5.78 Å². The van der Waals surface area contributed by atoms with E-state index in [1.165, 1.54) is 4.88 Å². The largest absolute Gasteiger partial charge is 0.371 e. The number of ether oxygens (including phenoxy) is 1. The molecule has 0 saturated heterocycles. The van der Waals surface area contributed by atoms with Crippen LogP contribution in [0, 0.1) is 0 Å². The van der Waals surface area contributed by atoms with Gasteiger partial charge in [-0.15, -0.1) is 11.3 Å². The first kappa shape index (κ1) is 11.4. The van der Waals surface area contributed by atoms with Gasteiger partial charge in [0, 0.05) is 4.88 Å². The molecule has 1 aromatic heterocycles. The van der Waals surface area contributed by atoms with E-state index in [0.717, 1.165) is 11.3 Å². The van der Waals surface area contributed by atoms with Crippen molar-refractivity contribution < 1.29 is 9.53 Å². The Bertz CT molecular complexity index is 302. The van der Waals surface area contributed by atoms with Gasteiger partial charge in [-0.1, -0.05) is 6.92 Å². The molecule has 14 heavy (non-hydrogen) atoms. The molecule has 3 heteroatoms. The fourth-order valence-electron chi connectivity index (χ4n) is 1.03. The second kappa shape index (κ2) is 5.27. The summed E-state index contributed by atoms with van der Waals surface area (Å²) >= 11 is 1.56. The minimum atomic E-state index is 0.0865. The smallest absolute Gasteiger partial charge is 0.198 e. The van der Waals surface area contributed by atoms with Gasteiger partial charge < -0.3 is 4.74 Å². The number of hydrogen-bond donors (Lipinski definition) is 0. The molecule has 1 heterocycles. The summed E-state index contributed by atoms with van der Waals surface area (Å²) in [6, 6.07) is 3.89. The van der Waals surface area contributed by atoms with E-state index in [1.807, 2.05) is 26.0 Å². The van der Waals surface area contributed by atoms with Gasteiger partial charge in [-0.3, -0.25) is 4.79 Å². The zero-order valence-electron chi connectivity index (χ0n) is 8.87. The van der Waals surface area contributed by atoms with Gasteiger partial charge >= 0.3 is 0 Å². The van der Waals surface area contributed by atoms with Gasteiger partial charge in [-0.25, -0.2) is 0 Å². The topological polar surface area (TPSA) is 26.3 Å². The second-order valence-corrected chi connectivity index (χ2v) is 4.57. The third kappa shape index (κ3) is 3.24. The Morgan fingerprint density at radius 3 is 2.71 bits per heavy atom. The molecule has 0 atom stereocenters. The molecular formula is C11H16O2S. The first-order chi connectivity index (χ1) is 6.63. The van der Waals surface area contributed by atoms with Crippen LogP contribution in [0.25, 0.3) is 0 Å². The molecule has 0 aliphatic rings. The van der Waals surface area contributed by atoms with Crippen LogP contribution >= 0.6 is 11.3 Å². The molecule has 0 saturated carbocycles. The number of Topliss-reactive ketones (excluding diaryl/α,β-unsaturated/α-hetero) is 1. The van der Waals surface area contributed by atoms with Crippen LogP contribution in [0.3, 0.4) is 0 Å². The predicted molar refractivity (Wildman–Crippen MR) is 59.1 cm³/mol. The van der Waals surface area contributed by atoms with Gasteiger partial charge in [0.1, 0.15) is 6.61 Å². The predicted octanol–water partition coefficient (Wildman–Crippen LogP) is 2.92. The molecule has 0 spiro atoms. The molecule has 0 aliphatic carbocycles. The van der Waals surface area contributed by atoms with Crippen molar-refractivity contribution in [2.24, 2.45) is 0 Å². The van der Waals surface area contributed by atoms with Crippen LogP contribution in [0.1, 0.15) is 35.3 Å². The molecule has 78 valence electrons. The first-order valence-corrected chi connectivity index (χ1v) is 5.68. The summed E-state index contributed by atoms with van der Waals surface area (Å²) in [6.45, 7) is 6.14. The third-order valence-electron chi connectivity index (χ3n) is 1.83. The maximum atomic E-state index is 11.6. The van der Waals surface area contributed by atoms with Crippen LogP contribution in [0.15, 0.2) is 12.1 Å². The lowest BCUT2D eigenvalue weighted by Crippen LogP contribution is -2.12. The minimum Gasteiger partial charge on any atom is -0.371 e. The van der Waals surface area contributed by atoms with Crippen molar-refractivity contribution in [3.05, 3.63) is 21.9 Å². The Balaban J connectivity index is 2.52. The summed E-state index contributed by atoms with van der Waals surface area (Å²) < 4.78 is 5.26. The normalized spacial score (nSPS) is 10.9. The average Bonchev–Trinajstić information content (AvgIpc) is 2.62. The Labute approximate surface area is 88.9 Å². The summed E-state index contributed by atoms with van der Waals surface area (Å²) in [5, 5.41) is 0. The zero-order chi connectivity index (χ0) is 10.6. The maximum absolute atomic E-state index is 11.6. The Morgan fingerprint density at radius 2 is 2.21 bits per heavy atom. The fraction of sp³-hybridized carbons (Fsp3) is 0.545. The van der Waals surface area contributed by atoms with Crippen LogP contribution < -0.4 is 0 Å². The van der Waals surface area contributed by atoms with E-state index >= 15 is 0 Å². The minimum absolute atomic E-state index is 0.0865. The molecule has 0 amide bonds. The van der Waals surface area contributed by atoms with Crippen molar-refractivity contribution >= 4 is 17.1 Å². The summed E-state index contributed by atoms with van der Waals surface area (Å²) in [7, 11) is 0. The van der Waals surface area contributed by atoms with E-state index in [1.54, 1.807) is 11.3 Å². The highest BCUT2D eigenvalue weighted by Crippen LogP contribution is 2.17. The highest BCUT2D eigenvalue weighted by molar-refractivity contribution is 7.14. The lowest BCUT2D eigenvalue weighted by molar-refractivity contribution is 0.0588. The standard InChI is InChI=1S/C11H16O2S/c1-4-9-5-6-11(14-9)10(12)7-13-8(2)3/h5-6,8H,4,7H2,1-3H3. The van der Waals surface area contributed by atoms with Crippen molar-refractivity contribution in [1.29, 1.82) is 0 Å². The molecule has 2 nitrogen and oxygen atoms in total. The average molecular weight is 212 g/mol. The molecule has 1 rings (SSSR count). The van der Waals surface area contributed by atoms with Crippen molar-refractivity contribution in [2.75, 3.05) is 6.61 Å². The van der Waals surface area contributed by atoms with Crippen molar-refractivity contribution in [2.45, 2.75) is 33.3 Å². The molecule has 1 aromatic rings. The van der Waals surface area contributed by atoms with Crippen molar-refractivity contribution in [3.8, 4) is 0 Å². The van der Waals surface area contributed by atoms with Crippen LogP contribution in [-0.4, -0.2) is 18.5 Å². The maximum Gasteiger partial charge on any atom is 0.198 e. The number of thiophene rings is 1. The van der Waals surface area contributed by atoms with Crippen molar-refractivity contribution in [1.82, 2.24) is 0 Å². The van der Waals surface area contributed by atoms with E-state index < -0.39 is 0 Å². The Morgan fingerprint density at radius 1 is 1.50 bits per heavy atom. The van der Waals surface area contributed by atoms with Crippen molar-refractivity contribution in [3.63, 3.8) is 0 Å². The Kier molecular flexibility index (Phi) is 4.29. The molecule has 0 aliphatic heterocycles. The number of rotatable bonds is 5. The Hall–Kier alpha value is -0.670. The van der Waals surface area contributed by atoms with Crippen LogP contribution in [0.5, 0.6) is 0 Å². The summed E-state index contributed by atoms with van der Waals surface area (Å²) in [6.07, 6.45) is 1.10. The lowest BCUT2D eigenvalue weighted by Gasteiger charge is -2.04. The van der Waals surface area contributed by atoms with E-state index in [2.05, 4.69) is 6.92 Å². The van der Waals surface area contributed by atoms with Gasteiger partial charge in [-0.2, -0.15) is 0 Å². The fourth-order valence-corrected chi connectivity index (χ4v) is 1.90. The van der Waals surface area contributed by atoms with Gasteiger partial charge in [-0.05, 0) is 32.4 Å². The first-order valence-electron chi connectivity index (χ1n) is 4.87. The molecule has 0 aromatic carbocycles. The highest BCUT2D eigenvalue weighted by atomic mass is 32.1. The van der Waals surface area contributed by atoms with E-state index in [0.29, 0.717) is 0 Å². The van der Waals surface area contributed by atoms with Crippen LogP contribution in [0.4, 0.5) is 0 Å². The van der Waals surface area contributed by atoms with Crippen LogP contribution in [-0.2, 0) is 11.2 Å². The molecular weight excluding hydrogens is 196 g/mol. The molecule has 0 radical (unpaired) electrons. The summed E-state index contributed by atoms with van der Waals surface area (Å²) in [5.74, 6) is 0.0865. The molecule has 0 N–H and O–H groups in total. The molecule has 0 unspecified atom stereocenters. The second-order valence-electron chi connectivity index (χ2n) is 3.40. The lowest BCUT2D eigenvalue weighted by atomic mass is 10.3. The quantitative estimate of drug-likeness (QED) is 0.701. The van der Waals surface area contributed by atoms with E-state index in [-0.39, 0.29) is 18.5 Å². The SMILES string of the molecule is CCc1ccc(C(=O)COC(C)C)s1. The number of aryl methyl sites for hydroxylation is 1. The number of carbonyl (C=O) groups excluding carboxylic acids is 1. The van der Waals surface area contributed by atoms with Gasteiger partial charge in [0.2, 0.25) is 0 Å². The monoisotopic (exact) mass is 212 g/mol. The number of ketones is 1. The van der Waals surface area contributed by atoms with E-state index in [4.69, 9.17) is 4.74 Å². The third-order valence-corrected chi connectivity index (χ3v) is 3.10. The zero-order valence-corrected chi connectivity index (χ0v) is 9.69. The van der Waals surface area contributed by atoms with Gasteiger partial charge in [0.25, 0.3) is 0 Å². The number of hydrogen-bond acceptors (Lipinski definition) is 3. The summed E-state index contributed by atoms with van der Waals surface area (Å²) in [4.78, 5) is 13.6. The molecule has 0 fully saturated rings.